The van der Waals surface area contributed by atoms with Crippen LogP contribution in [-0.2, 0) is 0 Å². The van der Waals surface area contributed by atoms with Gasteiger partial charge in [-0.05, 0) is 6.92 Å². The molecule has 0 saturated heterocycles. The van der Waals surface area contributed by atoms with E-state index < -0.39 is 6.10 Å². The van der Waals surface area contributed by atoms with Gasteiger partial charge in [0.1, 0.15) is 0 Å². The third kappa shape index (κ3) is 2.63. The lowest BCUT2D eigenvalue weighted by molar-refractivity contribution is 0.103. The summed E-state index contributed by atoms with van der Waals surface area (Å²) < 4.78 is 0. The molecule has 9 heavy (non-hydrogen) atoms. The maximum absolute atomic E-state index is 9.14. The molecule has 2 atom stereocenters. The molecule has 0 heterocycles. The van der Waals surface area contributed by atoms with E-state index in [1.54, 1.807) is 13.8 Å². The standard InChI is InChI=1S/C7H14O2/c1-5(2)7(9)6(3)4-8/h6-9H,1,4H2,2-3H3/t6-,7+/m0/s1. The van der Waals surface area contributed by atoms with Gasteiger partial charge >= 0.3 is 0 Å². The van der Waals surface area contributed by atoms with Crippen LogP contribution in [0.1, 0.15) is 13.8 Å². The Morgan fingerprint density at radius 2 is 2.11 bits per heavy atom. The van der Waals surface area contributed by atoms with Gasteiger partial charge in [-0.2, -0.15) is 0 Å². The molecule has 0 aromatic heterocycles. The lowest BCUT2D eigenvalue weighted by Gasteiger charge is -2.15. The highest BCUT2D eigenvalue weighted by molar-refractivity contribution is 4.98. The van der Waals surface area contributed by atoms with Crippen molar-refractivity contribution in [1.29, 1.82) is 0 Å². The van der Waals surface area contributed by atoms with E-state index in [9.17, 15) is 0 Å². The fraction of sp³-hybridized carbons (Fsp3) is 0.714. The Labute approximate surface area is 55.8 Å². The first kappa shape index (κ1) is 8.66. The molecule has 0 amide bonds. The van der Waals surface area contributed by atoms with E-state index in [-0.39, 0.29) is 12.5 Å². The summed E-state index contributed by atoms with van der Waals surface area (Å²) in [5, 5.41) is 17.7. The number of aliphatic hydroxyl groups is 2. The average Bonchev–Trinajstić information content (AvgIpc) is 1.84. The monoisotopic (exact) mass is 130 g/mol. The van der Waals surface area contributed by atoms with E-state index in [0.717, 1.165) is 0 Å². The molecule has 0 fully saturated rings. The summed E-state index contributed by atoms with van der Waals surface area (Å²) in [7, 11) is 0. The number of aliphatic hydroxyl groups excluding tert-OH is 2. The van der Waals surface area contributed by atoms with Crippen LogP contribution in [0.2, 0.25) is 0 Å². The van der Waals surface area contributed by atoms with E-state index in [4.69, 9.17) is 10.2 Å². The normalized spacial score (nSPS) is 16.9. The van der Waals surface area contributed by atoms with E-state index in [1.165, 1.54) is 0 Å². The Hall–Kier alpha value is -0.340. The van der Waals surface area contributed by atoms with Gasteiger partial charge in [0.2, 0.25) is 0 Å². The highest BCUT2D eigenvalue weighted by atomic mass is 16.3. The zero-order valence-electron chi connectivity index (χ0n) is 5.96. The quantitative estimate of drug-likeness (QED) is 0.548. The largest absolute Gasteiger partial charge is 0.396 e. The molecular weight excluding hydrogens is 116 g/mol. The number of hydrogen-bond donors (Lipinski definition) is 2. The maximum Gasteiger partial charge on any atom is 0.0792 e. The topological polar surface area (TPSA) is 40.5 Å². The Bertz CT molecular complexity index is 99.1. The zero-order valence-corrected chi connectivity index (χ0v) is 5.96. The predicted octanol–water partition coefficient (Wildman–Crippen LogP) is 0.552. The minimum absolute atomic E-state index is 0.00796. The first-order chi connectivity index (χ1) is 4.09. The predicted molar refractivity (Wildman–Crippen MR) is 37.1 cm³/mol. The maximum atomic E-state index is 9.14. The van der Waals surface area contributed by atoms with Gasteiger partial charge in [0.15, 0.2) is 0 Å². The third-order valence-corrected chi connectivity index (χ3v) is 1.33. The SMILES string of the molecule is C=C(C)[C@@H](O)[C@@H](C)CO. The van der Waals surface area contributed by atoms with Crippen LogP contribution in [0, 0.1) is 5.92 Å². The minimum Gasteiger partial charge on any atom is -0.396 e. The summed E-state index contributed by atoms with van der Waals surface area (Å²) >= 11 is 0. The van der Waals surface area contributed by atoms with Crippen LogP contribution in [-0.4, -0.2) is 22.9 Å². The molecule has 0 aromatic carbocycles. The lowest BCUT2D eigenvalue weighted by Crippen LogP contribution is -2.21. The van der Waals surface area contributed by atoms with Crippen LogP contribution in [0.5, 0.6) is 0 Å². The van der Waals surface area contributed by atoms with Crippen molar-refractivity contribution in [3.8, 4) is 0 Å². The Balaban J connectivity index is 3.72. The summed E-state index contributed by atoms with van der Waals surface area (Å²) in [6.45, 7) is 7.09. The zero-order chi connectivity index (χ0) is 7.44. The molecule has 54 valence electrons. The van der Waals surface area contributed by atoms with Gasteiger partial charge in [-0.15, -0.1) is 0 Å². The van der Waals surface area contributed by atoms with Gasteiger partial charge in [0, 0.05) is 12.5 Å². The van der Waals surface area contributed by atoms with Gasteiger partial charge < -0.3 is 10.2 Å². The Morgan fingerprint density at radius 1 is 1.67 bits per heavy atom. The van der Waals surface area contributed by atoms with E-state index in [1.807, 2.05) is 0 Å². The van der Waals surface area contributed by atoms with Crippen molar-refractivity contribution in [3.63, 3.8) is 0 Å². The van der Waals surface area contributed by atoms with Crippen LogP contribution in [0.3, 0.4) is 0 Å². The van der Waals surface area contributed by atoms with Crippen molar-refractivity contribution in [3.05, 3.63) is 12.2 Å². The van der Waals surface area contributed by atoms with Crippen molar-refractivity contribution < 1.29 is 10.2 Å². The fourth-order valence-electron chi connectivity index (χ4n) is 0.586. The molecule has 0 saturated carbocycles. The number of rotatable bonds is 3. The molecule has 0 radical (unpaired) electrons. The van der Waals surface area contributed by atoms with Crippen LogP contribution in [0.4, 0.5) is 0 Å². The summed E-state index contributed by atoms with van der Waals surface area (Å²) in [6, 6.07) is 0. The summed E-state index contributed by atoms with van der Waals surface area (Å²) in [5.41, 5.74) is 0.705. The van der Waals surface area contributed by atoms with E-state index >= 15 is 0 Å². The number of hydrogen-bond acceptors (Lipinski definition) is 2. The highest BCUT2D eigenvalue weighted by Gasteiger charge is 2.12. The smallest absolute Gasteiger partial charge is 0.0792 e. The fourth-order valence-corrected chi connectivity index (χ4v) is 0.586. The molecule has 0 bridgehead atoms. The van der Waals surface area contributed by atoms with E-state index in [0.29, 0.717) is 5.57 Å². The first-order valence-electron chi connectivity index (χ1n) is 3.04. The second kappa shape index (κ2) is 3.64. The molecule has 2 nitrogen and oxygen atoms in total. The molecule has 0 spiro atoms. The molecule has 0 aliphatic carbocycles. The van der Waals surface area contributed by atoms with Crippen LogP contribution >= 0.6 is 0 Å². The second-order valence-electron chi connectivity index (χ2n) is 2.45. The van der Waals surface area contributed by atoms with Gasteiger partial charge in [0.05, 0.1) is 6.10 Å². The average molecular weight is 130 g/mol. The first-order valence-corrected chi connectivity index (χ1v) is 3.04. The van der Waals surface area contributed by atoms with Crippen molar-refractivity contribution in [2.45, 2.75) is 20.0 Å². The molecule has 0 unspecified atom stereocenters. The van der Waals surface area contributed by atoms with E-state index in [2.05, 4.69) is 6.58 Å². The third-order valence-electron chi connectivity index (χ3n) is 1.33. The molecule has 0 aliphatic heterocycles. The molecule has 2 N–H and O–H groups in total. The second-order valence-corrected chi connectivity index (χ2v) is 2.45. The van der Waals surface area contributed by atoms with Crippen LogP contribution < -0.4 is 0 Å². The van der Waals surface area contributed by atoms with Gasteiger partial charge in [-0.25, -0.2) is 0 Å². The van der Waals surface area contributed by atoms with Crippen molar-refractivity contribution in [2.75, 3.05) is 6.61 Å². The van der Waals surface area contributed by atoms with Crippen molar-refractivity contribution >= 4 is 0 Å². The van der Waals surface area contributed by atoms with Crippen molar-refractivity contribution in [1.82, 2.24) is 0 Å². The Kier molecular flexibility index (Phi) is 3.50. The van der Waals surface area contributed by atoms with Gasteiger partial charge in [0.25, 0.3) is 0 Å². The van der Waals surface area contributed by atoms with Crippen LogP contribution in [0.25, 0.3) is 0 Å². The minimum atomic E-state index is -0.560. The summed E-state index contributed by atoms with van der Waals surface area (Å²) in [6.07, 6.45) is -0.560. The molecule has 2 heteroatoms. The molecule has 0 aromatic rings. The van der Waals surface area contributed by atoms with Gasteiger partial charge in [-0.3, -0.25) is 0 Å². The summed E-state index contributed by atoms with van der Waals surface area (Å²) in [4.78, 5) is 0. The molecule has 0 rings (SSSR count). The molecule has 0 aliphatic rings. The highest BCUT2D eigenvalue weighted by Crippen LogP contribution is 2.08. The van der Waals surface area contributed by atoms with Crippen LogP contribution in [0.15, 0.2) is 12.2 Å². The lowest BCUT2D eigenvalue weighted by atomic mass is 10.0. The molecular formula is C7H14O2. The van der Waals surface area contributed by atoms with Gasteiger partial charge in [-0.1, -0.05) is 19.1 Å². The van der Waals surface area contributed by atoms with Crippen molar-refractivity contribution in [2.24, 2.45) is 5.92 Å². The summed E-state index contributed by atoms with van der Waals surface area (Å²) in [5.74, 6) is -0.0949. The Morgan fingerprint density at radius 3 is 2.22 bits per heavy atom.